The molecular formula is C20H40O5Si2. The lowest BCUT2D eigenvalue weighted by Crippen LogP contribution is -2.65. The third kappa shape index (κ3) is 4.15. The molecule has 2 saturated heterocycles. The van der Waals surface area contributed by atoms with Crippen LogP contribution in [-0.2, 0) is 17.7 Å². The van der Waals surface area contributed by atoms with Gasteiger partial charge in [0.1, 0.15) is 24.4 Å². The van der Waals surface area contributed by atoms with Crippen LogP contribution in [0.1, 0.15) is 62.3 Å². The van der Waals surface area contributed by atoms with Crippen LogP contribution >= 0.6 is 0 Å². The lowest BCUT2D eigenvalue weighted by molar-refractivity contribution is -0.0337. The zero-order chi connectivity index (χ0) is 20.6. The summed E-state index contributed by atoms with van der Waals surface area (Å²) in [5.74, 6) is 0. The van der Waals surface area contributed by atoms with Crippen LogP contribution in [0.4, 0.5) is 0 Å². The molecule has 0 aromatic heterocycles. The van der Waals surface area contributed by atoms with Gasteiger partial charge in [-0.2, -0.15) is 0 Å². The van der Waals surface area contributed by atoms with Crippen LogP contribution in [0, 0.1) is 0 Å². The number of fused-ring (bicyclic) bond motifs is 1. The highest BCUT2D eigenvalue weighted by Gasteiger charge is 2.61. The van der Waals surface area contributed by atoms with Crippen molar-refractivity contribution < 1.29 is 22.8 Å². The van der Waals surface area contributed by atoms with Crippen molar-refractivity contribution in [3.8, 4) is 0 Å². The summed E-state index contributed by atoms with van der Waals surface area (Å²) >= 11 is 0. The second kappa shape index (κ2) is 8.77. The molecule has 27 heavy (non-hydrogen) atoms. The summed E-state index contributed by atoms with van der Waals surface area (Å²) in [7, 11) is -5.23. The Kier molecular flexibility index (Phi) is 7.56. The first-order chi connectivity index (χ1) is 12.5. The third-order valence-electron chi connectivity index (χ3n) is 6.09. The molecule has 0 bridgehead atoms. The molecule has 0 aromatic rings. The van der Waals surface area contributed by atoms with E-state index in [2.05, 4.69) is 55.4 Å². The van der Waals surface area contributed by atoms with Gasteiger partial charge in [0.2, 0.25) is 0 Å². The Morgan fingerprint density at radius 3 is 1.85 bits per heavy atom. The van der Waals surface area contributed by atoms with Crippen molar-refractivity contribution in [2.24, 2.45) is 0 Å². The number of hydrogen-bond acceptors (Lipinski definition) is 5. The molecule has 5 nitrogen and oxygen atoms in total. The monoisotopic (exact) mass is 416 g/mol. The summed E-state index contributed by atoms with van der Waals surface area (Å²) < 4.78 is 26.8. The Bertz CT molecular complexity index is 505. The van der Waals surface area contributed by atoms with Crippen LogP contribution in [0.15, 0.2) is 12.2 Å². The molecule has 0 aromatic carbocycles. The Hall–Kier alpha value is -0.0262. The van der Waals surface area contributed by atoms with Gasteiger partial charge in [0.05, 0.1) is 6.61 Å². The van der Waals surface area contributed by atoms with E-state index in [1.54, 1.807) is 0 Å². The van der Waals surface area contributed by atoms with Crippen molar-refractivity contribution in [1.29, 1.82) is 0 Å². The van der Waals surface area contributed by atoms with Crippen LogP contribution in [0.3, 0.4) is 0 Å². The molecule has 1 N–H and O–H groups in total. The fraction of sp³-hybridized carbons (Fsp3) is 0.900. The first-order valence-electron chi connectivity index (χ1n) is 10.5. The largest absolute Gasteiger partial charge is 0.414 e. The van der Waals surface area contributed by atoms with E-state index in [1.165, 1.54) is 0 Å². The van der Waals surface area contributed by atoms with E-state index in [4.69, 9.17) is 17.7 Å². The number of aliphatic hydroxyl groups excluding tert-OH is 1. The lowest BCUT2D eigenvalue weighted by Gasteiger charge is -2.51. The van der Waals surface area contributed by atoms with Crippen molar-refractivity contribution in [3.05, 3.63) is 12.2 Å². The number of aliphatic hydroxyl groups is 1. The van der Waals surface area contributed by atoms with Gasteiger partial charge in [-0.15, -0.1) is 0 Å². The Balaban J connectivity index is 2.53. The molecule has 0 unspecified atom stereocenters. The molecule has 7 heteroatoms. The number of allylic oxidation sites excluding steroid dienone is 1. The van der Waals surface area contributed by atoms with Crippen LogP contribution < -0.4 is 0 Å². The fourth-order valence-corrected chi connectivity index (χ4v) is 15.7. The third-order valence-corrected chi connectivity index (χ3v) is 16.3. The van der Waals surface area contributed by atoms with Crippen LogP contribution in [0.25, 0.3) is 0 Å². The highest BCUT2D eigenvalue weighted by molar-refractivity contribution is 6.83. The Morgan fingerprint density at radius 1 is 0.889 bits per heavy atom. The molecule has 4 atom stereocenters. The van der Waals surface area contributed by atoms with Crippen molar-refractivity contribution >= 4 is 17.1 Å². The average molecular weight is 417 g/mol. The fourth-order valence-electron chi connectivity index (χ4n) is 4.53. The molecule has 2 fully saturated rings. The average Bonchev–Trinajstić information content (AvgIpc) is 2.82. The summed E-state index contributed by atoms with van der Waals surface area (Å²) in [6, 6.07) is 0. The zero-order valence-electron chi connectivity index (χ0n) is 18.6. The van der Waals surface area contributed by atoms with E-state index in [1.807, 2.05) is 19.1 Å². The van der Waals surface area contributed by atoms with E-state index >= 15 is 0 Å². The molecular weight excluding hydrogens is 376 g/mol. The SMILES string of the molecule is C/C=C/[C@H]1O[C@@H]2CO[Si](C(C)C)(C(C)C)O[Si](C(C)C)(C(C)C)O[C@H]2[C@H]1O. The van der Waals surface area contributed by atoms with Crippen LogP contribution in [0.2, 0.25) is 22.2 Å². The minimum atomic E-state index is -2.69. The van der Waals surface area contributed by atoms with Gasteiger partial charge in [-0.25, -0.2) is 0 Å². The predicted molar refractivity (Wildman–Crippen MR) is 113 cm³/mol. The minimum absolute atomic E-state index is 0.247. The maximum Gasteiger partial charge on any atom is 0.335 e. The molecule has 2 rings (SSSR count). The molecule has 158 valence electrons. The van der Waals surface area contributed by atoms with Gasteiger partial charge in [-0.1, -0.05) is 67.5 Å². The van der Waals surface area contributed by atoms with Crippen molar-refractivity contribution in [3.63, 3.8) is 0 Å². The van der Waals surface area contributed by atoms with E-state index in [0.29, 0.717) is 17.7 Å². The summed E-state index contributed by atoms with van der Waals surface area (Å²) in [4.78, 5) is 0. The Labute approximate surface area is 167 Å². The number of rotatable bonds is 5. The van der Waals surface area contributed by atoms with Gasteiger partial charge < -0.3 is 22.8 Å². The number of ether oxygens (including phenoxy) is 1. The smallest absolute Gasteiger partial charge is 0.335 e. The topological polar surface area (TPSA) is 57.2 Å². The molecule has 0 aliphatic carbocycles. The first kappa shape index (κ1) is 23.3. The van der Waals surface area contributed by atoms with E-state index in [0.717, 1.165) is 0 Å². The quantitative estimate of drug-likeness (QED) is 0.522. The van der Waals surface area contributed by atoms with E-state index in [9.17, 15) is 5.11 Å². The molecule has 2 aliphatic heterocycles. The molecule has 0 saturated carbocycles. The maximum atomic E-state index is 10.9. The first-order valence-corrected chi connectivity index (χ1v) is 14.4. The van der Waals surface area contributed by atoms with E-state index < -0.39 is 29.3 Å². The predicted octanol–water partition coefficient (Wildman–Crippen LogP) is 4.65. The normalized spacial score (nSPS) is 33.9. The zero-order valence-corrected chi connectivity index (χ0v) is 20.6. The molecule has 2 heterocycles. The van der Waals surface area contributed by atoms with Gasteiger partial charge in [-0.05, 0) is 29.1 Å². The lowest BCUT2D eigenvalue weighted by atomic mass is 10.1. The van der Waals surface area contributed by atoms with Gasteiger partial charge in [0.15, 0.2) is 0 Å². The Morgan fingerprint density at radius 2 is 1.41 bits per heavy atom. The second-order valence-corrected chi connectivity index (χ2v) is 18.1. The second-order valence-electron chi connectivity index (χ2n) is 9.21. The van der Waals surface area contributed by atoms with E-state index in [-0.39, 0.29) is 23.3 Å². The van der Waals surface area contributed by atoms with Crippen LogP contribution in [0.5, 0.6) is 0 Å². The van der Waals surface area contributed by atoms with Gasteiger partial charge >= 0.3 is 17.1 Å². The highest BCUT2D eigenvalue weighted by Crippen LogP contribution is 2.47. The molecule has 0 amide bonds. The van der Waals surface area contributed by atoms with Crippen molar-refractivity contribution in [2.45, 2.75) is 109 Å². The summed E-state index contributed by atoms with van der Waals surface area (Å²) in [5.41, 5.74) is 1.11. The van der Waals surface area contributed by atoms with Gasteiger partial charge in [0.25, 0.3) is 0 Å². The molecule has 0 radical (unpaired) electrons. The minimum Gasteiger partial charge on any atom is -0.414 e. The molecule has 2 aliphatic rings. The summed E-state index contributed by atoms with van der Waals surface area (Å²) in [6.45, 7) is 19.9. The van der Waals surface area contributed by atoms with Crippen molar-refractivity contribution in [2.75, 3.05) is 6.61 Å². The molecule has 0 spiro atoms. The standard InChI is InChI=1S/C20H40O5Si2/c1-10-11-17-19(21)20-18(23-17)12-22-26(13(2)3,14(4)5)25-27(24-20,15(6)7)16(8)9/h10-11,13-21H,12H2,1-9H3/b11-10+/t17-,18-,19+,20-/m1/s1. The van der Waals surface area contributed by atoms with Crippen molar-refractivity contribution in [1.82, 2.24) is 0 Å². The van der Waals surface area contributed by atoms with Gasteiger partial charge in [0, 0.05) is 0 Å². The van der Waals surface area contributed by atoms with Gasteiger partial charge in [-0.3, -0.25) is 0 Å². The maximum absolute atomic E-state index is 10.9. The van der Waals surface area contributed by atoms with Crippen LogP contribution in [-0.4, -0.2) is 53.3 Å². The highest BCUT2D eigenvalue weighted by atomic mass is 28.5. The summed E-state index contributed by atoms with van der Waals surface area (Å²) in [6.07, 6.45) is 2.10. The summed E-state index contributed by atoms with van der Waals surface area (Å²) in [5, 5.41) is 10.9. The number of hydrogen-bond donors (Lipinski definition) is 1.